The smallest absolute Gasteiger partial charge is 0.185 e. The van der Waals surface area contributed by atoms with Crippen LogP contribution in [0.2, 0.25) is 0 Å². The van der Waals surface area contributed by atoms with Gasteiger partial charge in [-0.1, -0.05) is 30.3 Å². The number of aromatic nitrogens is 1. The Morgan fingerprint density at radius 3 is 2.60 bits per heavy atom. The first-order chi connectivity index (χ1) is 12.0. The first kappa shape index (κ1) is 17.1. The van der Waals surface area contributed by atoms with Gasteiger partial charge in [-0.2, -0.15) is 0 Å². The van der Waals surface area contributed by atoms with E-state index in [2.05, 4.69) is 34.1 Å². The lowest BCUT2D eigenvalue weighted by Gasteiger charge is -2.14. The Kier molecular flexibility index (Phi) is 5.09. The number of para-hydroxylation sites is 1. The van der Waals surface area contributed by atoms with Crippen LogP contribution in [0.3, 0.4) is 0 Å². The molecule has 0 spiro atoms. The van der Waals surface area contributed by atoms with Crippen LogP contribution in [0, 0.1) is 19.7 Å². The van der Waals surface area contributed by atoms with Crippen molar-refractivity contribution in [2.24, 2.45) is 0 Å². The number of fused-ring (bicyclic) bond motifs is 1. The van der Waals surface area contributed by atoms with Crippen LogP contribution in [-0.4, -0.2) is 10.1 Å². The minimum atomic E-state index is -0.251. The van der Waals surface area contributed by atoms with Gasteiger partial charge in [0, 0.05) is 11.9 Å². The zero-order valence-electron chi connectivity index (χ0n) is 14.1. The van der Waals surface area contributed by atoms with Crippen molar-refractivity contribution in [1.82, 2.24) is 15.7 Å². The Morgan fingerprint density at radius 2 is 1.84 bits per heavy atom. The number of hydrogen-bond acceptors (Lipinski definition) is 3. The van der Waals surface area contributed by atoms with E-state index in [1.54, 1.807) is 12.1 Å². The normalized spacial score (nSPS) is 10.5. The van der Waals surface area contributed by atoms with E-state index < -0.39 is 0 Å². The summed E-state index contributed by atoms with van der Waals surface area (Å²) in [5.41, 5.74) is 10.1. The number of hydrogen-bond donors (Lipinski definition) is 3. The van der Waals surface area contributed by atoms with Crippen LogP contribution < -0.4 is 16.2 Å². The fourth-order valence-electron chi connectivity index (χ4n) is 2.57. The van der Waals surface area contributed by atoms with Gasteiger partial charge in [0.1, 0.15) is 11.6 Å². The maximum Gasteiger partial charge on any atom is 0.185 e. The average molecular weight is 354 g/mol. The van der Waals surface area contributed by atoms with Gasteiger partial charge in [-0.25, -0.2) is 9.37 Å². The second-order valence-electron chi connectivity index (χ2n) is 5.85. The van der Waals surface area contributed by atoms with Crippen LogP contribution in [0.4, 0.5) is 10.2 Å². The van der Waals surface area contributed by atoms with Gasteiger partial charge in [-0.05, 0) is 61.0 Å². The van der Waals surface area contributed by atoms with Gasteiger partial charge in [0.2, 0.25) is 0 Å². The molecule has 0 fully saturated rings. The van der Waals surface area contributed by atoms with E-state index in [9.17, 15) is 4.39 Å². The van der Waals surface area contributed by atoms with E-state index in [0.29, 0.717) is 17.5 Å². The molecule has 0 unspecified atom stereocenters. The van der Waals surface area contributed by atoms with Crippen molar-refractivity contribution in [3.05, 3.63) is 71.0 Å². The number of nitrogens with zero attached hydrogens (tertiary/aromatic N) is 1. The highest BCUT2D eigenvalue weighted by Crippen LogP contribution is 2.22. The van der Waals surface area contributed by atoms with Gasteiger partial charge < -0.3 is 5.32 Å². The van der Waals surface area contributed by atoms with Crippen molar-refractivity contribution in [2.45, 2.75) is 20.4 Å². The van der Waals surface area contributed by atoms with Crippen LogP contribution in [0.5, 0.6) is 0 Å². The van der Waals surface area contributed by atoms with E-state index >= 15 is 0 Å². The van der Waals surface area contributed by atoms with Crippen molar-refractivity contribution in [2.75, 3.05) is 5.43 Å². The lowest BCUT2D eigenvalue weighted by molar-refractivity contribution is 0.626. The third-order valence-corrected chi connectivity index (χ3v) is 4.16. The molecule has 3 aromatic rings. The van der Waals surface area contributed by atoms with Crippen LogP contribution >= 0.6 is 12.2 Å². The van der Waals surface area contributed by atoms with Crippen molar-refractivity contribution >= 4 is 34.1 Å². The number of hydrazine groups is 1. The minimum Gasteiger partial charge on any atom is -0.357 e. The predicted molar refractivity (Wildman–Crippen MR) is 104 cm³/mol. The number of pyridine rings is 1. The molecule has 0 aliphatic heterocycles. The van der Waals surface area contributed by atoms with Gasteiger partial charge >= 0.3 is 0 Å². The second-order valence-corrected chi connectivity index (χ2v) is 6.26. The molecule has 0 aliphatic carbocycles. The lowest BCUT2D eigenvalue weighted by atomic mass is 10.1. The van der Waals surface area contributed by atoms with E-state index in [4.69, 9.17) is 12.2 Å². The Balaban J connectivity index is 1.61. The van der Waals surface area contributed by atoms with Gasteiger partial charge in [0.15, 0.2) is 5.11 Å². The fourth-order valence-corrected chi connectivity index (χ4v) is 2.70. The van der Waals surface area contributed by atoms with Gasteiger partial charge in [0.05, 0.1) is 5.52 Å². The standard InChI is InChI=1S/C19H19FN4S/c1-12-4-3-5-16-13(2)10-17(22-18(12)16)23-24-19(25)21-11-14-6-8-15(20)9-7-14/h3-10H,11H2,1-2H3,(H,22,23)(H2,21,24,25). The SMILES string of the molecule is Cc1cc(NNC(=S)NCc2ccc(F)cc2)nc2c(C)cccc12. The largest absolute Gasteiger partial charge is 0.357 e. The molecular formula is C19H19FN4S. The zero-order chi connectivity index (χ0) is 17.8. The first-order valence-corrected chi connectivity index (χ1v) is 8.35. The molecule has 1 heterocycles. The lowest BCUT2D eigenvalue weighted by Crippen LogP contribution is -2.38. The van der Waals surface area contributed by atoms with E-state index in [1.165, 1.54) is 12.1 Å². The summed E-state index contributed by atoms with van der Waals surface area (Å²) in [6, 6.07) is 14.4. The zero-order valence-corrected chi connectivity index (χ0v) is 14.9. The molecule has 3 rings (SSSR count). The average Bonchev–Trinajstić information content (AvgIpc) is 2.60. The van der Waals surface area contributed by atoms with Gasteiger partial charge in [-0.3, -0.25) is 10.9 Å². The molecule has 3 N–H and O–H groups in total. The van der Waals surface area contributed by atoms with Crippen LogP contribution in [0.1, 0.15) is 16.7 Å². The highest BCUT2D eigenvalue weighted by atomic mass is 32.1. The highest BCUT2D eigenvalue weighted by molar-refractivity contribution is 7.80. The van der Waals surface area contributed by atoms with Crippen molar-refractivity contribution in [3.8, 4) is 0 Å². The topological polar surface area (TPSA) is 49.0 Å². The van der Waals surface area contributed by atoms with Gasteiger partial charge in [-0.15, -0.1) is 0 Å². The molecule has 0 aliphatic rings. The predicted octanol–water partition coefficient (Wildman–Crippen LogP) is 3.98. The molecule has 0 atom stereocenters. The summed E-state index contributed by atoms with van der Waals surface area (Å²) in [5.74, 6) is 0.449. The molecule has 0 amide bonds. The summed E-state index contributed by atoms with van der Waals surface area (Å²) in [6.45, 7) is 4.61. The maximum absolute atomic E-state index is 12.9. The third-order valence-electron chi connectivity index (χ3n) is 3.92. The maximum atomic E-state index is 12.9. The molecule has 0 saturated carbocycles. The third kappa shape index (κ3) is 4.22. The monoisotopic (exact) mass is 354 g/mol. The number of aryl methyl sites for hydroxylation is 2. The number of nitrogens with one attached hydrogen (secondary N) is 3. The van der Waals surface area contributed by atoms with E-state index in [-0.39, 0.29) is 5.82 Å². The summed E-state index contributed by atoms with van der Waals surface area (Å²) in [6.07, 6.45) is 0. The van der Waals surface area contributed by atoms with E-state index in [1.807, 2.05) is 25.1 Å². The molecule has 0 bridgehead atoms. The number of halogens is 1. The van der Waals surface area contributed by atoms with Gasteiger partial charge in [0.25, 0.3) is 0 Å². The molecule has 2 aromatic carbocycles. The van der Waals surface area contributed by atoms with Crippen LogP contribution in [0.15, 0.2) is 48.5 Å². The molecular weight excluding hydrogens is 335 g/mol. The quantitative estimate of drug-likeness (QED) is 0.489. The molecule has 1 aromatic heterocycles. The number of anilines is 1. The van der Waals surface area contributed by atoms with Crippen molar-refractivity contribution in [1.29, 1.82) is 0 Å². The van der Waals surface area contributed by atoms with Crippen LogP contribution in [-0.2, 0) is 6.54 Å². The molecule has 0 saturated heterocycles. The number of benzene rings is 2. The summed E-state index contributed by atoms with van der Waals surface area (Å²) in [7, 11) is 0. The van der Waals surface area contributed by atoms with Crippen LogP contribution in [0.25, 0.3) is 10.9 Å². The Morgan fingerprint density at radius 1 is 1.08 bits per heavy atom. The minimum absolute atomic E-state index is 0.251. The first-order valence-electron chi connectivity index (χ1n) is 7.94. The molecule has 4 nitrogen and oxygen atoms in total. The Bertz CT molecular complexity index is 909. The molecule has 0 radical (unpaired) electrons. The molecule has 6 heteroatoms. The summed E-state index contributed by atoms with van der Waals surface area (Å²) >= 11 is 5.25. The number of thiocarbonyl (C=S) groups is 1. The van der Waals surface area contributed by atoms with Crippen molar-refractivity contribution in [3.63, 3.8) is 0 Å². The molecule has 128 valence electrons. The van der Waals surface area contributed by atoms with E-state index in [0.717, 1.165) is 27.6 Å². The second kappa shape index (κ2) is 7.44. The highest BCUT2D eigenvalue weighted by Gasteiger charge is 2.05. The molecule has 25 heavy (non-hydrogen) atoms. The Labute approximate surface area is 151 Å². The fraction of sp³-hybridized carbons (Fsp3) is 0.158. The summed E-state index contributed by atoms with van der Waals surface area (Å²) < 4.78 is 12.9. The Hall–Kier alpha value is -2.73. The van der Waals surface area contributed by atoms with Crippen molar-refractivity contribution < 1.29 is 4.39 Å². The summed E-state index contributed by atoms with van der Waals surface area (Å²) in [5, 5.41) is 4.64. The number of rotatable bonds is 4. The summed E-state index contributed by atoms with van der Waals surface area (Å²) in [4.78, 5) is 4.63.